The molecule has 2 aromatic heterocycles. The third-order valence-corrected chi connectivity index (χ3v) is 2.68. The lowest BCUT2D eigenvalue weighted by Crippen LogP contribution is -2.27. The Hall–Kier alpha value is -2.77. The smallest absolute Gasteiger partial charge is 0.358 e. The van der Waals surface area contributed by atoms with Crippen LogP contribution in [0.1, 0.15) is 21.6 Å². The number of hydrogen-bond donors (Lipinski definition) is 2. The largest absolute Gasteiger partial charge is 0.476 e. The molecule has 0 aromatic carbocycles. The van der Waals surface area contributed by atoms with E-state index in [1.165, 1.54) is 10.9 Å². The Labute approximate surface area is 114 Å². The van der Waals surface area contributed by atoms with Crippen molar-refractivity contribution in [2.75, 3.05) is 0 Å². The topological polar surface area (TPSA) is 110 Å². The van der Waals surface area contributed by atoms with E-state index in [1.807, 2.05) is 13.0 Å². The first-order chi connectivity index (χ1) is 9.56. The highest BCUT2D eigenvalue weighted by atomic mass is 16.4. The minimum Gasteiger partial charge on any atom is -0.476 e. The van der Waals surface area contributed by atoms with Crippen LogP contribution in [0.25, 0.3) is 0 Å². The summed E-state index contributed by atoms with van der Waals surface area (Å²) in [6, 6.07) is 1.83. The monoisotopic (exact) mass is 275 g/mol. The number of aromatic nitrogens is 4. The molecule has 20 heavy (non-hydrogen) atoms. The van der Waals surface area contributed by atoms with E-state index >= 15 is 0 Å². The van der Waals surface area contributed by atoms with Crippen molar-refractivity contribution < 1.29 is 14.7 Å². The van der Waals surface area contributed by atoms with Gasteiger partial charge < -0.3 is 10.4 Å². The number of amides is 1. The number of hydrogen-bond acceptors (Lipinski definition) is 5. The van der Waals surface area contributed by atoms with Gasteiger partial charge in [-0.15, -0.1) is 5.10 Å². The summed E-state index contributed by atoms with van der Waals surface area (Å²) in [6.07, 6.45) is 4.59. The summed E-state index contributed by atoms with van der Waals surface area (Å²) in [5.41, 5.74) is 1.77. The van der Waals surface area contributed by atoms with E-state index in [0.717, 1.165) is 11.1 Å². The number of aromatic carboxylic acids is 1. The molecule has 104 valence electrons. The molecule has 0 saturated carbocycles. The van der Waals surface area contributed by atoms with Crippen molar-refractivity contribution in [3.8, 4) is 0 Å². The van der Waals surface area contributed by atoms with Crippen molar-refractivity contribution in [1.82, 2.24) is 25.3 Å². The summed E-state index contributed by atoms with van der Waals surface area (Å²) in [7, 11) is 0. The number of carboxylic acids is 1. The summed E-state index contributed by atoms with van der Waals surface area (Å²) in [5.74, 6) is -1.45. The maximum absolute atomic E-state index is 11.7. The van der Waals surface area contributed by atoms with Gasteiger partial charge in [0.25, 0.3) is 0 Å². The molecule has 0 aliphatic rings. The van der Waals surface area contributed by atoms with Gasteiger partial charge in [0.15, 0.2) is 5.69 Å². The number of carbonyl (C=O) groups is 2. The second kappa shape index (κ2) is 5.91. The molecule has 0 spiro atoms. The summed E-state index contributed by atoms with van der Waals surface area (Å²) in [6.45, 7) is 2.21. The fourth-order valence-electron chi connectivity index (χ4n) is 1.57. The van der Waals surface area contributed by atoms with Crippen molar-refractivity contribution in [2.45, 2.75) is 20.0 Å². The van der Waals surface area contributed by atoms with Crippen LogP contribution in [-0.2, 0) is 17.9 Å². The number of rotatable bonds is 5. The Morgan fingerprint density at radius 1 is 1.45 bits per heavy atom. The molecule has 0 radical (unpaired) electrons. The van der Waals surface area contributed by atoms with Crippen molar-refractivity contribution in [2.24, 2.45) is 0 Å². The van der Waals surface area contributed by atoms with Crippen LogP contribution < -0.4 is 5.32 Å². The molecule has 0 bridgehead atoms. The van der Waals surface area contributed by atoms with Crippen molar-refractivity contribution in [3.05, 3.63) is 41.5 Å². The van der Waals surface area contributed by atoms with Crippen LogP contribution in [0.5, 0.6) is 0 Å². The number of nitrogens with one attached hydrogen (secondary N) is 1. The molecule has 2 N–H and O–H groups in total. The van der Waals surface area contributed by atoms with Crippen molar-refractivity contribution in [3.63, 3.8) is 0 Å². The van der Waals surface area contributed by atoms with Gasteiger partial charge in [-0.05, 0) is 24.1 Å². The maximum Gasteiger partial charge on any atom is 0.358 e. The molecular formula is C12H13N5O3. The molecule has 0 fully saturated rings. The van der Waals surface area contributed by atoms with E-state index in [9.17, 15) is 9.59 Å². The Balaban J connectivity index is 1.89. The van der Waals surface area contributed by atoms with Gasteiger partial charge in [0, 0.05) is 18.9 Å². The van der Waals surface area contributed by atoms with E-state index < -0.39 is 5.97 Å². The average molecular weight is 275 g/mol. The standard InChI is InChI=1S/C12H13N5O3/c1-8-4-13-3-2-9(8)5-14-11(18)7-17-6-10(12(19)20)15-16-17/h2-4,6H,5,7H2,1H3,(H,14,18)(H,19,20). The molecule has 0 atom stereocenters. The number of nitrogens with zero attached hydrogens (tertiary/aromatic N) is 4. The first kappa shape index (κ1) is 13.7. The molecule has 8 heteroatoms. The lowest BCUT2D eigenvalue weighted by molar-refractivity contribution is -0.122. The van der Waals surface area contributed by atoms with Crippen LogP contribution in [0.3, 0.4) is 0 Å². The average Bonchev–Trinajstić information content (AvgIpc) is 2.86. The molecule has 8 nitrogen and oxygen atoms in total. The van der Waals surface area contributed by atoms with Crippen molar-refractivity contribution in [1.29, 1.82) is 0 Å². The third kappa shape index (κ3) is 3.37. The minimum absolute atomic E-state index is 0.0790. The quantitative estimate of drug-likeness (QED) is 0.794. The van der Waals surface area contributed by atoms with Gasteiger partial charge in [0.05, 0.1) is 6.20 Å². The minimum atomic E-state index is -1.18. The summed E-state index contributed by atoms with van der Waals surface area (Å²) < 4.78 is 1.18. The fraction of sp³-hybridized carbons (Fsp3) is 0.250. The van der Waals surface area contributed by atoms with Crippen LogP contribution in [0.2, 0.25) is 0 Å². The molecular weight excluding hydrogens is 262 g/mol. The first-order valence-corrected chi connectivity index (χ1v) is 5.86. The summed E-state index contributed by atoms with van der Waals surface area (Å²) >= 11 is 0. The molecule has 2 aromatic rings. The van der Waals surface area contributed by atoms with E-state index in [1.54, 1.807) is 12.4 Å². The molecule has 1 amide bonds. The lowest BCUT2D eigenvalue weighted by atomic mass is 10.1. The highest BCUT2D eigenvalue weighted by molar-refractivity contribution is 5.84. The zero-order valence-electron chi connectivity index (χ0n) is 10.8. The molecule has 0 aliphatic carbocycles. The summed E-state index contributed by atoms with van der Waals surface area (Å²) in [5, 5.41) is 18.4. The SMILES string of the molecule is Cc1cnccc1CNC(=O)Cn1cc(C(=O)O)nn1. The Kier molecular flexibility index (Phi) is 4.04. The van der Waals surface area contributed by atoms with Crippen LogP contribution in [-0.4, -0.2) is 37.0 Å². The second-order valence-corrected chi connectivity index (χ2v) is 4.19. The lowest BCUT2D eigenvalue weighted by Gasteiger charge is -2.07. The van der Waals surface area contributed by atoms with Crippen molar-refractivity contribution >= 4 is 11.9 Å². The van der Waals surface area contributed by atoms with Gasteiger partial charge >= 0.3 is 5.97 Å². The zero-order chi connectivity index (χ0) is 14.5. The van der Waals surface area contributed by atoms with Gasteiger partial charge in [-0.1, -0.05) is 5.21 Å². The van der Waals surface area contributed by atoms with Crippen LogP contribution in [0.4, 0.5) is 0 Å². The highest BCUT2D eigenvalue weighted by Gasteiger charge is 2.10. The summed E-state index contributed by atoms with van der Waals surface area (Å²) in [4.78, 5) is 26.3. The van der Waals surface area contributed by atoms with Gasteiger partial charge in [-0.3, -0.25) is 9.78 Å². The number of aryl methyl sites for hydroxylation is 1. The van der Waals surface area contributed by atoms with Gasteiger partial charge in [0.1, 0.15) is 6.54 Å². The predicted octanol–water partition coefficient (Wildman–Crippen LogP) is -0.00388. The Bertz CT molecular complexity index is 638. The zero-order valence-corrected chi connectivity index (χ0v) is 10.8. The van der Waals surface area contributed by atoms with E-state index in [4.69, 9.17) is 5.11 Å². The highest BCUT2D eigenvalue weighted by Crippen LogP contribution is 2.04. The molecule has 0 unspecified atom stereocenters. The fourth-order valence-corrected chi connectivity index (χ4v) is 1.57. The van der Waals surface area contributed by atoms with Gasteiger partial charge in [0.2, 0.25) is 5.91 Å². The van der Waals surface area contributed by atoms with E-state index in [-0.39, 0.29) is 18.1 Å². The van der Waals surface area contributed by atoms with Crippen LogP contribution >= 0.6 is 0 Å². The predicted molar refractivity (Wildman–Crippen MR) is 67.8 cm³/mol. The Morgan fingerprint density at radius 2 is 2.25 bits per heavy atom. The molecule has 0 saturated heterocycles. The van der Waals surface area contributed by atoms with Gasteiger partial charge in [-0.25, -0.2) is 9.48 Å². The second-order valence-electron chi connectivity index (χ2n) is 4.19. The third-order valence-electron chi connectivity index (χ3n) is 2.68. The first-order valence-electron chi connectivity index (χ1n) is 5.86. The van der Waals surface area contributed by atoms with Crippen LogP contribution in [0, 0.1) is 6.92 Å². The van der Waals surface area contributed by atoms with Gasteiger partial charge in [-0.2, -0.15) is 0 Å². The maximum atomic E-state index is 11.7. The van der Waals surface area contributed by atoms with Crippen LogP contribution in [0.15, 0.2) is 24.7 Å². The number of carboxylic acid groups (broad SMARTS) is 1. The molecule has 0 aliphatic heterocycles. The number of carbonyl (C=O) groups excluding carboxylic acids is 1. The van der Waals surface area contributed by atoms with E-state index in [2.05, 4.69) is 20.6 Å². The molecule has 2 heterocycles. The number of pyridine rings is 1. The van der Waals surface area contributed by atoms with E-state index in [0.29, 0.717) is 6.54 Å². The normalized spacial score (nSPS) is 10.2. The molecule has 2 rings (SSSR count). The Morgan fingerprint density at radius 3 is 2.90 bits per heavy atom.